The van der Waals surface area contributed by atoms with Crippen molar-refractivity contribution in [2.45, 2.75) is 25.2 Å². The van der Waals surface area contributed by atoms with E-state index in [4.69, 9.17) is 4.74 Å². The van der Waals surface area contributed by atoms with E-state index in [2.05, 4.69) is 10.3 Å². The molecule has 0 saturated heterocycles. The van der Waals surface area contributed by atoms with Gasteiger partial charge >= 0.3 is 0 Å². The highest BCUT2D eigenvalue weighted by Gasteiger charge is 2.35. The van der Waals surface area contributed by atoms with Crippen molar-refractivity contribution in [3.8, 4) is 17.0 Å². The summed E-state index contributed by atoms with van der Waals surface area (Å²) >= 11 is 0. The maximum Gasteiger partial charge on any atom is 0.270 e. The average molecular weight is 411 g/mol. The molecule has 8 heteroatoms. The van der Waals surface area contributed by atoms with Crippen molar-refractivity contribution >= 4 is 15.7 Å². The number of hydrogen-bond donors (Lipinski definition) is 1. The van der Waals surface area contributed by atoms with Gasteiger partial charge in [0.2, 0.25) is 15.0 Å². The molecule has 2 aromatic carbocycles. The molecule has 1 aromatic heterocycles. The van der Waals surface area contributed by atoms with E-state index in [1.54, 1.807) is 31.4 Å². The van der Waals surface area contributed by atoms with Gasteiger partial charge in [-0.1, -0.05) is 24.3 Å². The second-order valence-electron chi connectivity index (χ2n) is 6.90. The van der Waals surface area contributed by atoms with Crippen LogP contribution in [0.25, 0.3) is 11.3 Å². The van der Waals surface area contributed by atoms with E-state index in [1.165, 1.54) is 4.57 Å². The summed E-state index contributed by atoms with van der Waals surface area (Å²) in [6, 6.07) is 14.8. The van der Waals surface area contributed by atoms with E-state index in [9.17, 15) is 13.2 Å². The molecule has 1 aliphatic rings. The number of sulfone groups is 1. The number of nitrogens with zero attached hydrogens (tertiary/aromatic N) is 2. The third kappa shape index (κ3) is 3.51. The minimum absolute atomic E-state index is 0.0453. The quantitative estimate of drug-likeness (QED) is 0.697. The highest BCUT2D eigenvalue weighted by Crippen LogP contribution is 2.31. The average Bonchev–Trinajstić information content (AvgIpc) is 3.25. The fourth-order valence-corrected chi connectivity index (χ4v) is 4.78. The summed E-state index contributed by atoms with van der Waals surface area (Å²) in [4.78, 5) is 17.4. The molecule has 29 heavy (non-hydrogen) atoms. The number of benzene rings is 2. The lowest BCUT2D eigenvalue weighted by Gasteiger charge is -2.10. The number of aromatic nitrogens is 2. The van der Waals surface area contributed by atoms with Crippen LogP contribution < -0.4 is 10.1 Å². The van der Waals surface area contributed by atoms with Crippen molar-refractivity contribution in [2.75, 3.05) is 12.9 Å². The van der Waals surface area contributed by atoms with Gasteiger partial charge in [-0.3, -0.25) is 4.79 Å². The number of imidazole rings is 1. The molecule has 0 aliphatic carbocycles. The largest absolute Gasteiger partial charge is 0.497 e. The van der Waals surface area contributed by atoms with Gasteiger partial charge < -0.3 is 14.6 Å². The molecule has 1 aliphatic heterocycles. The summed E-state index contributed by atoms with van der Waals surface area (Å²) in [7, 11) is -1.92. The number of ether oxygens (including phenoxy) is 1. The zero-order valence-corrected chi connectivity index (χ0v) is 17.0. The Kier molecular flexibility index (Phi) is 4.87. The Bertz CT molecular complexity index is 1180. The van der Waals surface area contributed by atoms with Crippen LogP contribution in [0.15, 0.2) is 53.7 Å². The molecule has 150 valence electrons. The van der Waals surface area contributed by atoms with Crippen molar-refractivity contribution < 1.29 is 17.9 Å². The van der Waals surface area contributed by atoms with Crippen molar-refractivity contribution in [3.05, 3.63) is 65.4 Å². The first-order valence-electron chi connectivity index (χ1n) is 9.21. The Hall–Kier alpha value is -3.13. The van der Waals surface area contributed by atoms with Gasteiger partial charge in [0, 0.05) is 18.7 Å². The zero-order valence-electron chi connectivity index (χ0n) is 16.2. The highest BCUT2D eigenvalue weighted by atomic mass is 32.2. The molecule has 3 aromatic rings. The van der Waals surface area contributed by atoms with Gasteiger partial charge in [-0.2, -0.15) is 0 Å². The number of fused-ring (bicyclic) bond motifs is 1. The number of amides is 1. The Labute approximate surface area is 169 Å². The zero-order chi connectivity index (χ0) is 20.6. The number of hydrogen-bond acceptors (Lipinski definition) is 5. The SMILES string of the molecule is COc1ccc(-c2nc3n(c2C(=O)NCc2ccccc2C)CCS3(=O)=O)cc1. The van der Waals surface area contributed by atoms with Gasteiger partial charge in [0.1, 0.15) is 17.1 Å². The molecular formula is C21H21N3O4S. The van der Waals surface area contributed by atoms with E-state index in [1.807, 2.05) is 31.2 Å². The van der Waals surface area contributed by atoms with Gasteiger partial charge in [-0.15, -0.1) is 0 Å². The topological polar surface area (TPSA) is 90.3 Å². The summed E-state index contributed by atoms with van der Waals surface area (Å²) in [5.41, 5.74) is 3.35. The van der Waals surface area contributed by atoms with Crippen LogP contribution in [-0.4, -0.2) is 36.7 Å². The van der Waals surface area contributed by atoms with Gasteiger partial charge in [-0.05, 0) is 42.3 Å². The molecule has 1 N–H and O–H groups in total. The van der Waals surface area contributed by atoms with Crippen LogP contribution >= 0.6 is 0 Å². The van der Waals surface area contributed by atoms with Crippen LogP contribution in [0.1, 0.15) is 21.6 Å². The fourth-order valence-electron chi connectivity index (χ4n) is 3.43. The van der Waals surface area contributed by atoms with Crippen LogP contribution in [0.3, 0.4) is 0 Å². The van der Waals surface area contributed by atoms with Crippen molar-refractivity contribution in [3.63, 3.8) is 0 Å². The molecule has 4 rings (SSSR count). The minimum Gasteiger partial charge on any atom is -0.497 e. The lowest BCUT2D eigenvalue weighted by Crippen LogP contribution is -2.26. The van der Waals surface area contributed by atoms with Gasteiger partial charge in [0.25, 0.3) is 5.91 Å². The van der Waals surface area contributed by atoms with E-state index >= 15 is 0 Å². The Morgan fingerprint density at radius 2 is 1.90 bits per heavy atom. The van der Waals surface area contributed by atoms with Crippen molar-refractivity contribution in [1.82, 2.24) is 14.9 Å². The molecule has 2 heterocycles. The monoisotopic (exact) mass is 411 g/mol. The molecule has 0 bridgehead atoms. The van der Waals surface area contributed by atoms with E-state index in [0.717, 1.165) is 11.1 Å². The molecule has 0 fully saturated rings. The standard InChI is InChI=1S/C21H21N3O4S/c1-14-5-3-4-6-16(14)13-22-20(25)19-18(15-7-9-17(28-2)10-8-15)23-21-24(19)11-12-29(21,26)27/h3-10H,11-13H2,1-2H3,(H,22,25). The second kappa shape index (κ2) is 7.36. The molecule has 0 radical (unpaired) electrons. The van der Waals surface area contributed by atoms with Crippen LogP contribution in [-0.2, 0) is 22.9 Å². The second-order valence-corrected chi connectivity index (χ2v) is 8.90. The van der Waals surface area contributed by atoms with Crippen LogP contribution in [0.2, 0.25) is 0 Å². The molecule has 1 amide bonds. The fraction of sp³-hybridized carbons (Fsp3) is 0.238. The van der Waals surface area contributed by atoms with E-state index in [-0.39, 0.29) is 29.1 Å². The lowest BCUT2D eigenvalue weighted by atomic mass is 10.1. The highest BCUT2D eigenvalue weighted by molar-refractivity contribution is 7.91. The van der Waals surface area contributed by atoms with Crippen LogP contribution in [0.4, 0.5) is 0 Å². The number of aryl methyl sites for hydroxylation is 1. The summed E-state index contributed by atoms with van der Waals surface area (Å²) in [6.07, 6.45) is 0. The van der Waals surface area contributed by atoms with Gasteiger partial charge in [0.05, 0.1) is 12.9 Å². The first-order chi connectivity index (χ1) is 13.9. The normalized spacial score (nSPS) is 14.4. The van der Waals surface area contributed by atoms with Crippen LogP contribution in [0, 0.1) is 6.92 Å². The number of nitrogens with one attached hydrogen (secondary N) is 1. The van der Waals surface area contributed by atoms with Gasteiger partial charge in [-0.25, -0.2) is 13.4 Å². The third-order valence-electron chi connectivity index (χ3n) is 5.07. The number of rotatable bonds is 5. The minimum atomic E-state index is -3.49. The molecule has 0 unspecified atom stereocenters. The predicted molar refractivity (Wildman–Crippen MR) is 109 cm³/mol. The molecule has 0 spiro atoms. The summed E-state index contributed by atoms with van der Waals surface area (Å²) in [5, 5.41) is 2.86. The molecule has 0 saturated carbocycles. The molecule has 0 atom stereocenters. The summed E-state index contributed by atoms with van der Waals surface area (Å²) in [5.74, 6) is 0.268. The molecule has 7 nitrogen and oxygen atoms in total. The van der Waals surface area contributed by atoms with Gasteiger partial charge in [0.15, 0.2) is 0 Å². The Balaban J connectivity index is 1.73. The summed E-state index contributed by atoms with van der Waals surface area (Å²) < 4.78 is 31.4. The van der Waals surface area contributed by atoms with E-state index in [0.29, 0.717) is 23.6 Å². The Morgan fingerprint density at radius 1 is 1.17 bits per heavy atom. The predicted octanol–water partition coefficient (Wildman–Crippen LogP) is 2.58. The summed E-state index contributed by atoms with van der Waals surface area (Å²) in [6.45, 7) is 2.54. The molecular weight excluding hydrogens is 390 g/mol. The third-order valence-corrected chi connectivity index (χ3v) is 6.66. The number of carbonyl (C=O) groups excluding carboxylic acids is 1. The smallest absolute Gasteiger partial charge is 0.270 e. The number of methoxy groups -OCH3 is 1. The maximum absolute atomic E-state index is 13.1. The van der Waals surface area contributed by atoms with E-state index < -0.39 is 9.84 Å². The lowest BCUT2D eigenvalue weighted by molar-refractivity contribution is 0.0942. The first kappa shape index (κ1) is 19.2. The maximum atomic E-state index is 13.1. The number of carbonyl (C=O) groups is 1. The van der Waals surface area contributed by atoms with Crippen molar-refractivity contribution in [2.24, 2.45) is 0 Å². The Morgan fingerprint density at radius 3 is 2.59 bits per heavy atom. The van der Waals surface area contributed by atoms with Crippen LogP contribution in [0.5, 0.6) is 5.75 Å². The van der Waals surface area contributed by atoms with Crippen molar-refractivity contribution in [1.29, 1.82) is 0 Å². The first-order valence-corrected chi connectivity index (χ1v) is 10.9.